The fourth-order valence-corrected chi connectivity index (χ4v) is 2.16. The van der Waals surface area contributed by atoms with Gasteiger partial charge in [0.05, 0.1) is 13.5 Å². The molecule has 1 heterocycles. The van der Waals surface area contributed by atoms with Crippen molar-refractivity contribution in [2.24, 2.45) is 0 Å². The van der Waals surface area contributed by atoms with Crippen LogP contribution >= 0.6 is 0 Å². The molecule has 2 rings (SSSR count). The van der Waals surface area contributed by atoms with E-state index in [1.54, 1.807) is 7.11 Å². The summed E-state index contributed by atoms with van der Waals surface area (Å²) >= 11 is 0. The second-order valence-electron chi connectivity index (χ2n) is 4.96. The molecule has 0 N–H and O–H groups in total. The summed E-state index contributed by atoms with van der Waals surface area (Å²) in [5, 5.41) is 4.14. The standard InChI is InChI=1S/C16H21N3O2/c1-3-10-19-16(17-12-18-19)11-14(20)7-4-13-5-8-15(21-2)9-6-13/h5-6,8-9,12H,3-4,7,10-11H2,1-2H3. The van der Waals surface area contributed by atoms with Gasteiger partial charge in [-0.1, -0.05) is 19.1 Å². The number of carbonyl (C=O) groups excluding carboxylic acids is 1. The maximum Gasteiger partial charge on any atom is 0.140 e. The third-order valence-electron chi connectivity index (χ3n) is 3.34. The first-order valence-corrected chi connectivity index (χ1v) is 7.24. The number of benzene rings is 1. The molecule has 0 unspecified atom stereocenters. The maximum absolute atomic E-state index is 12.1. The van der Waals surface area contributed by atoms with Crippen LogP contribution in [0.2, 0.25) is 0 Å². The topological polar surface area (TPSA) is 57.0 Å². The number of ketones is 1. The van der Waals surface area contributed by atoms with Crippen LogP contribution in [0, 0.1) is 0 Å². The van der Waals surface area contributed by atoms with E-state index >= 15 is 0 Å². The Bertz CT molecular complexity index is 575. The van der Waals surface area contributed by atoms with Gasteiger partial charge in [0.15, 0.2) is 0 Å². The van der Waals surface area contributed by atoms with E-state index in [0.29, 0.717) is 12.8 Å². The molecule has 2 aromatic rings. The van der Waals surface area contributed by atoms with Crippen LogP contribution in [0.5, 0.6) is 5.75 Å². The number of rotatable bonds is 8. The monoisotopic (exact) mass is 287 g/mol. The average Bonchev–Trinajstić information content (AvgIpc) is 2.93. The zero-order chi connectivity index (χ0) is 15.1. The summed E-state index contributed by atoms with van der Waals surface area (Å²) < 4.78 is 6.93. The number of aryl methyl sites for hydroxylation is 2. The number of aromatic nitrogens is 3. The van der Waals surface area contributed by atoms with E-state index in [4.69, 9.17) is 4.74 Å². The molecule has 0 aliphatic rings. The zero-order valence-corrected chi connectivity index (χ0v) is 12.6. The predicted molar refractivity (Wildman–Crippen MR) is 80.3 cm³/mol. The van der Waals surface area contributed by atoms with E-state index in [1.165, 1.54) is 6.33 Å². The van der Waals surface area contributed by atoms with Crippen molar-refractivity contribution in [1.29, 1.82) is 0 Å². The predicted octanol–water partition coefficient (Wildman–Crippen LogP) is 2.44. The summed E-state index contributed by atoms with van der Waals surface area (Å²) in [4.78, 5) is 16.2. The normalized spacial score (nSPS) is 10.6. The molecule has 1 aromatic carbocycles. The van der Waals surface area contributed by atoms with Gasteiger partial charge in [-0.2, -0.15) is 5.10 Å². The molecule has 0 aliphatic heterocycles. The lowest BCUT2D eigenvalue weighted by molar-refractivity contribution is -0.118. The van der Waals surface area contributed by atoms with Gasteiger partial charge in [-0.05, 0) is 30.5 Å². The van der Waals surface area contributed by atoms with Gasteiger partial charge in [0, 0.05) is 13.0 Å². The van der Waals surface area contributed by atoms with Crippen LogP contribution in [-0.4, -0.2) is 27.7 Å². The lowest BCUT2D eigenvalue weighted by Crippen LogP contribution is -2.11. The minimum atomic E-state index is 0.191. The maximum atomic E-state index is 12.1. The summed E-state index contributed by atoms with van der Waals surface area (Å²) in [6, 6.07) is 7.81. The van der Waals surface area contributed by atoms with Crippen LogP contribution in [0.4, 0.5) is 0 Å². The lowest BCUT2D eigenvalue weighted by Gasteiger charge is -2.05. The number of hydrogen-bond donors (Lipinski definition) is 0. The lowest BCUT2D eigenvalue weighted by atomic mass is 10.1. The highest BCUT2D eigenvalue weighted by molar-refractivity contribution is 5.80. The van der Waals surface area contributed by atoms with Gasteiger partial charge in [0.1, 0.15) is 23.7 Å². The molecule has 0 fully saturated rings. The molecule has 5 heteroatoms. The summed E-state index contributed by atoms with van der Waals surface area (Å²) in [7, 11) is 1.64. The first kappa shape index (κ1) is 15.2. The van der Waals surface area contributed by atoms with Gasteiger partial charge in [-0.3, -0.25) is 4.79 Å². The van der Waals surface area contributed by atoms with Crippen molar-refractivity contribution in [2.75, 3.05) is 7.11 Å². The van der Waals surface area contributed by atoms with E-state index in [9.17, 15) is 4.79 Å². The Morgan fingerprint density at radius 2 is 2.05 bits per heavy atom. The number of nitrogens with zero attached hydrogens (tertiary/aromatic N) is 3. The van der Waals surface area contributed by atoms with E-state index in [0.717, 1.165) is 36.5 Å². The van der Waals surface area contributed by atoms with Gasteiger partial charge in [0.2, 0.25) is 0 Å². The molecule has 1 aromatic heterocycles. The molecular formula is C16H21N3O2. The first-order chi connectivity index (χ1) is 10.2. The molecule has 0 saturated heterocycles. The summed E-state index contributed by atoms with van der Waals surface area (Å²) in [6.07, 6.45) is 4.12. The quantitative estimate of drug-likeness (QED) is 0.748. The fourth-order valence-electron chi connectivity index (χ4n) is 2.16. The molecule has 0 amide bonds. The Morgan fingerprint density at radius 1 is 1.29 bits per heavy atom. The first-order valence-electron chi connectivity index (χ1n) is 7.24. The number of ether oxygens (including phenoxy) is 1. The molecule has 0 saturated carbocycles. The van der Waals surface area contributed by atoms with E-state index in [2.05, 4.69) is 17.0 Å². The highest BCUT2D eigenvalue weighted by atomic mass is 16.5. The largest absolute Gasteiger partial charge is 0.497 e. The number of hydrogen-bond acceptors (Lipinski definition) is 4. The van der Waals surface area contributed by atoms with Crippen molar-refractivity contribution in [2.45, 2.75) is 39.2 Å². The highest BCUT2D eigenvalue weighted by Crippen LogP contribution is 2.13. The minimum Gasteiger partial charge on any atom is -0.497 e. The highest BCUT2D eigenvalue weighted by Gasteiger charge is 2.10. The Morgan fingerprint density at radius 3 is 2.71 bits per heavy atom. The smallest absolute Gasteiger partial charge is 0.140 e. The molecular weight excluding hydrogens is 266 g/mol. The Balaban J connectivity index is 1.85. The summed E-state index contributed by atoms with van der Waals surface area (Å²) in [6.45, 7) is 2.89. The van der Waals surface area contributed by atoms with Crippen LogP contribution in [0.3, 0.4) is 0 Å². The SMILES string of the molecule is CCCn1ncnc1CC(=O)CCc1ccc(OC)cc1. The van der Waals surface area contributed by atoms with Crippen molar-refractivity contribution in [3.63, 3.8) is 0 Å². The second-order valence-corrected chi connectivity index (χ2v) is 4.96. The average molecular weight is 287 g/mol. The molecule has 0 bridgehead atoms. The van der Waals surface area contributed by atoms with Gasteiger partial charge >= 0.3 is 0 Å². The number of carbonyl (C=O) groups is 1. The number of methoxy groups -OCH3 is 1. The molecule has 5 nitrogen and oxygen atoms in total. The van der Waals surface area contributed by atoms with E-state index in [-0.39, 0.29) is 5.78 Å². The zero-order valence-electron chi connectivity index (χ0n) is 12.6. The van der Waals surface area contributed by atoms with Crippen molar-refractivity contribution >= 4 is 5.78 Å². The van der Waals surface area contributed by atoms with Crippen LogP contribution in [0.1, 0.15) is 31.2 Å². The molecule has 0 atom stereocenters. The third kappa shape index (κ3) is 4.41. The summed E-state index contributed by atoms with van der Waals surface area (Å²) in [5.41, 5.74) is 1.14. The van der Waals surface area contributed by atoms with Gasteiger partial charge in [0.25, 0.3) is 0 Å². The van der Waals surface area contributed by atoms with Crippen molar-refractivity contribution in [1.82, 2.24) is 14.8 Å². The van der Waals surface area contributed by atoms with E-state index < -0.39 is 0 Å². The van der Waals surface area contributed by atoms with Crippen LogP contribution in [0.25, 0.3) is 0 Å². The number of Topliss-reactive ketones (excluding diaryl/α,β-unsaturated/α-hetero) is 1. The molecule has 0 aliphatic carbocycles. The van der Waals surface area contributed by atoms with Crippen molar-refractivity contribution in [3.05, 3.63) is 42.0 Å². The van der Waals surface area contributed by atoms with Crippen LogP contribution < -0.4 is 4.74 Å². The Kier molecular flexibility index (Phi) is 5.49. The van der Waals surface area contributed by atoms with Crippen molar-refractivity contribution < 1.29 is 9.53 Å². The van der Waals surface area contributed by atoms with Gasteiger partial charge in [-0.15, -0.1) is 0 Å². The van der Waals surface area contributed by atoms with Gasteiger partial charge < -0.3 is 4.74 Å². The van der Waals surface area contributed by atoms with E-state index in [1.807, 2.05) is 28.9 Å². The molecule has 0 radical (unpaired) electrons. The minimum absolute atomic E-state index is 0.191. The molecule has 21 heavy (non-hydrogen) atoms. The van der Waals surface area contributed by atoms with Crippen LogP contribution in [0.15, 0.2) is 30.6 Å². The Labute approximate surface area is 125 Å². The third-order valence-corrected chi connectivity index (χ3v) is 3.34. The van der Waals surface area contributed by atoms with Crippen molar-refractivity contribution in [3.8, 4) is 5.75 Å². The molecule has 112 valence electrons. The fraction of sp³-hybridized carbons (Fsp3) is 0.438. The summed E-state index contributed by atoms with van der Waals surface area (Å²) in [5.74, 6) is 1.78. The van der Waals surface area contributed by atoms with Gasteiger partial charge in [-0.25, -0.2) is 9.67 Å². The molecule has 0 spiro atoms. The van der Waals surface area contributed by atoms with Crippen LogP contribution in [-0.2, 0) is 24.2 Å². The Hall–Kier alpha value is -2.17. The second kappa shape index (κ2) is 7.57.